The molecule has 17 heavy (non-hydrogen) atoms. The number of hydrogen-bond donors (Lipinski definition) is 2. The topological polar surface area (TPSA) is 95.0 Å². The van der Waals surface area contributed by atoms with Crippen LogP contribution in [0, 0.1) is 0 Å². The first-order valence-electron chi connectivity index (χ1n) is 5.62. The van der Waals surface area contributed by atoms with Crippen molar-refractivity contribution in [3.05, 3.63) is 11.9 Å². The standard InChI is InChI=1S/C10H15N5O2/c1-2-8(10(16)17)15-5-3-4-7(6-15)9-11-13-14-12-9/h4,8H,2-3,5-6H2,1H3,(H,16,17)(H,11,12,13,14). The van der Waals surface area contributed by atoms with Gasteiger partial charge in [0.15, 0.2) is 0 Å². The summed E-state index contributed by atoms with van der Waals surface area (Å²) in [5, 5.41) is 22.9. The minimum absolute atomic E-state index is 0.439. The van der Waals surface area contributed by atoms with Crippen LogP contribution in [-0.2, 0) is 4.79 Å². The Hall–Kier alpha value is -1.76. The van der Waals surface area contributed by atoms with E-state index in [9.17, 15) is 4.79 Å². The van der Waals surface area contributed by atoms with E-state index in [-0.39, 0.29) is 0 Å². The number of rotatable bonds is 4. The average molecular weight is 237 g/mol. The van der Waals surface area contributed by atoms with Crippen LogP contribution in [0.2, 0.25) is 0 Å². The first kappa shape index (κ1) is 11.7. The third-order valence-electron chi connectivity index (χ3n) is 2.93. The molecule has 0 radical (unpaired) electrons. The average Bonchev–Trinajstić information content (AvgIpc) is 2.83. The molecule has 2 heterocycles. The maximum absolute atomic E-state index is 11.1. The van der Waals surface area contributed by atoms with Crippen LogP contribution >= 0.6 is 0 Å². The third kappa shape index (κ3) is 2.50. The molecule has 0 saturated heterocycles. The molecule has 1 aromatic rings. The molecule has 2 rings (SSSR count). The molecule has 0 aromatic carbocycles. The Morgan fingerprint density at radius 1 is 1.71 bits per heavy atom. The summed E-state index contributed by atoms with van der Waals surface area (Å²) in [4.78, 5) is 13.1. The van der Waals surface area contributed by atoms with Gasteiger partial charge < -0.3 is 5.11 Å². The molecule has 0 bridgehead atoms. The van der Waals surface area contributed by atoms with Gasteiger partial charge in [0.05, 0.1) is 0 Å². The highest BCUT2D eigenvalue weighted by atomic mass is 16.4. The molecule has 7 heteroatoms. The number of aliphatic carboxylic acids is 1. The molecule has 1 aliphatic heterocycles. The van der Waals surface area contributed by atoms with Gasteiger partial charge in [-0.3, -0.25) is 9.69 Å². The van der Waals surface area contributed by atoms with Crippen LogP contribution in [0.3, 0.4) is 0 Å². The van der Waals surface area contributed by atoms with E-state index in [1.54, 1.807) is 0 Å². The van der Waals surface area contributed by atoms with Crippen molar-refractivity contribution in [1.29, 1.82) is 0 Å². The fourth-order valence-electron chi connectivity index (χ4n) is 2.08. The molecule has 1 aliphatic rings. The third-order valence-corrected chi connectivity index (χ3v) is 2.93. The highest BCUT2D eigenvalue weighted by Crippen LogP contribution is 2.19. The van der Waals surface area contributed by atoms with Gasteiger partial charge in [0.1, 0.15) is 6.04 Å². The predicted molar refractivity (Wildman–Crippen MR) is 60.1 cm³/mol. The van der Waals surface area contributed by atoms with Crippen molar-refractivity contribution in [2.24, 2.45) is 0 Å². The van der Waals surface area contributed by atoms with Crippen molar-refractivity contribution in [2.75, 3.05) is 13.1 Å². The van der Waals surface area contributed by atoms with E-state index in [1.165, 1.54) is 0 Å². The van der Waals surface area contributed by atoms with Crippen LogP contribution in [0.4, 0.5) is 0 Å². The minimum Gasteiger partial charge on any atom is -0.480 e. The first-order valence-corrected chi connectivity index (χ1v) is 5.62. The molecular formula is C10H15N5O2. The van der Waals surface area contributed by atoms with E-state index in [2.05, 4.69) is 20.6 Å². The van der Waals surface area contributed by atoms with Crippen LogP contribution in [0.15, 0.2) is 6.08 Å². The lowest BCUT2D eigenvalue weighted by atomic mass is 10.1. The summed E-state index contributed by atoms with van der Waals surface area (Å²) in [6, 6.07) is -0.439. The van der Waals surface area contributed by atoms with Gasteiger partial charge in [0.2, 0.25) is 5.82 Å². The van der Waals surface area contributed by atoms with Crippen molar-refractivity contribution in [1.82, 2.24) is 25.5 Å². The maximum Gasteiger partial charge on any atom is 0.320 e. The van der Waals surface area contributed by atoms with Gasteiger partial charge in [-0.1, -0.05) is 13.0 Å². The van der Waals surface area contributed by atoms with Crippen molar-refractivity contribution >= 4 is 11.5 Å². The largest absolute Gasteiger partial charge is 0.480 e. The van der Waals surface area contributed by atoms with Gasteiger partial charge in [-0.2, -0.15) is 5.21 Å². The van der Waals surface area contributed by atoms with E-state index >= 15 is 0 Å². The van der Waals surface area contributed by atoms with Crippen LogP contribution in [0.5, 0.6) is 0 Å². The lowest BCUT2D eigenvalue weighted by Crippen LogP contribution is -2.43. The van der Waals surface area contributed by atoms with E-state index in [1.807, 2.05) is 17.9 Å². The number of aromatic amines is 1. The molecule has 7 nitrogen and oxygen atoms in total. The number of nitrogens with one attached hydrogen (secondary N) is 1. The van der Waals surface area contributed by atoms with Crippen LogP contribution in [0.25, 0.3) is 5.57 Å². The molecule has 1 atom stereocenters. The predicted octanol–water partition coefficient (Wildman–Crippen LogP) is 0.152. The highest BCUT2D eigenvalue weighted by Gasteiger charge is 2.27. The Kier molecular flexibility index (Phi) is 3.48. The molecular weight excluding hydrogens is 222 g/mol. The molecule has 1 aromatic heterocycles. The van der Waals surface area contributed by atoms with Gasteiger partial charge in [-0.15, -0.1) is 10.2 Å². The molecule has 0 saturated carbocycles. The fraction of sp³-hybridized carbons (Fsp3) is 0.600. The van der Waals surface area contributed by atoms with E-state index in [0.29, 0.717) is 18.8 Å². The number of aromatic nitrogens is 4. The summed E-state index contributed by atoms with van der Waals surface area (Å²) in [6.07, 6.45) is 3.44. The second-order valence-corrected chi connectivity index (χ2v) is 3.99. The van der Waals surface area contributed by atoms with Crippen molar-refractivity contribution < 1.29 is 9.90 Å². The van der Waals surface area contributed by atoms with Crippen molar-refractivity contribution in [2.45, 2.75) is 25.8 Å². The van der Waals surface area contributed by atoms with E-state index < -0.39 is 12.0 Å². The normalized spacial score (nSPS) is 18.8. The number of hydrogen-bond acceptors (Lipinski definition) is 5. The molecule has 0 aliphatic carbocycles. The molecule has 1 unspecified atom stereocenters. The minimum atomic E-state index is -0.776. The molecule has 0 fully saturated rings. The van der Waals surface area contributed by atoms with Crippen LogP contribution < -0.4 is 0 Å². The summed E-state index contributed by atoms with van der Waals surface area (Å²) in [6.45, 7) is 3.20. The van der Waals surface area contributed by atoms with Gasteiger partial charge in [-0.05, 0) is 18.1 Å². The Bertz CT molecular complexity index is 414. The molecule has 0 amide bonds. The smallest absolute Gasteiger partial charge is 0.320 e. The molecule has 2 N–H and O–H groups in total. The summed E-state index contributed by atoms with van der Waals surface area (Å²) in [5.41, 5.74) is 0.935. The first-order chi connectivity index (χ1) is 8.22. The number of H-pyrrole nitrogens is 1. The van der Waals surface area contributed by atoms with Gasteiger partial charge in [0.25, 0.3) is 0 Å². The van der Waals surface area contributed by atoms with Gasteiger partial charge >= 0.3 is 5.97 Å². The summed E-state index contributed by atoms with van der Waals surface area (Å²) < 4.78 is 0. The van der Waals surface area contributed by atoms with E-state index in [4.69, 9.17) is 5.11 Å². The lowest BCUT2D eigenvalue weighted by molar-refractivity contribution is -0.143. The molecule has 0 spiro atoms. The number of carbonyl (C=O) groups is 1. The van der Waals surface area contributed by atoms with E-state index in [0.717, 1.165) is 18.5 Å². The number of tetrazole rings is 1. The Labute approximate surface area is 98.5 Å². The van der Waals surface area contributed by atoms with Crippen molar-refractivity contribution in [3.63, 3.8) is 0 Å². The summed E-state index contributed by atoms with van der Waals surface area (Å²) in [7, 11) is 0. The summed E-state index contributed by atoms with van der Waals surface area (Å²) in [5.74, 6) is -0.225. The summed E-state index contributed by atoms with van der Waals surface area (Å²) >= 11 is 0. The number of nitrogens with zero attached hydrogens (tertiary/aromatic N) is 4. The zero-order valence-corrected chi connectivity index (χ0v) is 9.63. The Morgan fingerprint density at radius 3 is 3.12 bits per heavy atom. The highest BCUT2D eigenvalue weighted by molar-refractivity contribution is 5.74. The zero-order chi connectivity index (χ0) is 12.3. The Morgan fingerprint density at radius 2 is 2.53 bits per heavy atom. The fourth-order valence-corrected chi connectivity index (χ4v) is 2.08. The second kappa shape index (κ2) is 5.05. The number of carboxylic acids is 1. The van der Waals surface area contributed by atoms with Crippen LogP contribution in [-0.4, -0.2) is 55.7 Å². The Balaban J connectivity index is 2.10. The maximum atomic E-state index is 11.1. The van der Waals surface area contributed by atoms with Crippen LogP contribution in [0.1, 0.15) is 25.6 Å². The zero-order valence-electron chi connectivity index (χ0n) is 9.63. The SMILES string of the molecule is CCC(C(=O)O)N1CCC=C(c2nn[nH]n2)C1. The lowest BCUT2D eigenvalue weighted by Gasteiger charge is -2.30. The van der Waals surface area contributed by atoms with Gasteiger partial charge in [-0.25, -0.2) is 0 Å². The van der Waals surface area contributed by atoms with Crippen molar-refractivity contribution in [3.8, 4) is 0 Å². The second-order valence-electron chi connectivity index (χ2n) is 3.99. The monoisotopic (exact) mass is 237 g/mol. The van der Waals surface area contributed by atoms with Gasteiger partial charge in [0, 0.05) is 18.7 Å². The quantitative estimate of drug-likeness (QED) is 0.774. The number of carboxylic acid groups (broad SMARTS) is 1. The molecule has 92 valence electrons.